The molecule has 2 heterocycles. The quantitative estimate of drug-likeness (QED) is 0.749. The third-order valence-corrected chi connectivity index (χ3v) is 3.73. The van der Waals surface area contributed by atoms with Crippen LogP contribution in [0.4, 0.5) is 0 Å². The molecular weight excluding hydrogens is 212 g/mol. The minimum absolute atomic E-state index is 0.0490. The van der Waals surface area contributed by atoms with Gasteiger partial charge in [-0.15, -0.1) is 11.3 Å². The van der Waals surface area contributed by atoms with Gasteiger partial charge in [0.15, 0.2) is 0 Å². The SMILES string of the molecule is CNC(=O)c1cc2c(s1)CCN(C=O)C2. The predicted octanol–water partition coefficient (Wildman–Crippen LogP) is 0.622. The molecule has 4 nitrogen and oxygen atoms in total. The minimum atomic E-state index is -0.0490. The van der Waals surface area contributed by atoms with Crippen molar-refractivity contribution in [1.82, 2.24) is 10.2 Å². The molecule has 1 N–H and O–H groups in total. The maximum atomic E-state index is 11.4. The molecule has 1 aromatic rings. The van der Waals surface area contributed by atoms with Gasteiger partial charge in [0.05, 0.1) is 4.88 Å². The van der Waals surface area contributed by atoms with E-state index in [1.807, 2.05) is 6.07 Å². The Morgan fingerprint density at radius 2 is 2.47 bits per heavy atom. The number of hydrogen-bond donors (Lipinski definition) is 1. The van der Waals surface area contributed by atoms with Gasteiger partial charge in [-0.3, -0.25) is 9.59 Å². The number of carbonyl (C=O) groups is 2. The normalized spacial score (nSPS) is 14.6. The van der Waals surface area contributed by atoms with E-state index >= 15 is 0 Å². The summed E-state index contributed by atoms with van der Waals surface area (Å²) in [6, 6.07) is 1.88. The molecule has 1 aromatic heterocycles. The minimum Gasteiger partial charge on any atom is -0.354 e. The van der Waals surface area contributed by atoms with E-state index in [-0.39, 0.29) is 5.91 Å². The number of carbonyl (C=O) groups excluding carboxylic acids is 2. The molecule has 15 heavy (non-hydrogen) atoms. The highest BCUT2D eigenvalue weighted by Gasteiger charge is 2.19. The second-order valence-electron chi connectivity index (χ2n) is 3.46. The van der Waals surface area contributed by atoms with Crippen molar-refractivity contribution in [2.24, 2.45) is 0 Å². The lowest BCUT2D eigenvalue weighted by molar-refractivity contribution is -0.118. The molecule has 0 fully saturated rings. The van der Waals surface area contributed by atoms with Crippen molar-refractivity contribution in [2.45, 2.75) is 13.0 Å². The number of nitrogens with one attached hydrogen (secondary N) is 1. The number of nitrogens with zero attached hydrogens (tertiary/aromatic N) is 1. The first-order valence-corrected chi connectivity index (χ1v) is 5.59. The van der Waals surface area contributed by atoms with Gasteiger partial charge in [-0.25, -0.2) is 0 Å². The smallest absolute Gasteiger partial charge is 0.261 e. The molecule has 0 saturated carbocycles. The zero-order valence-corrected chi connectivity index (χ0v) is 9.26. The van der Waals surface area contributed by atoms with Crippen LogP contribution in [0.15, 0.2) is 6.07 Å². The topological polar surface area (TPSA) is 49.4 Å². The van der Waals surface area contributed by atoms with Crippen LogP contribution in [-0.2, 0) is 17.8 Å². The van der Waals surface area contributed by atoms with E-state index in [2.05, 4.69) is 5.32 Å². The van der Waals surface area contributed by atoms with E-state index in [9.17, 15) is 9.59 Å². The molecule has 2 amide bonds. The molecule has 0 spiro atoms. The van der Waals surface area contributed by atoms with Crippen molar-refractivity contribution in [3.63, 3.8) is 0 Å². The van der Waals surface area contributed by atoms with Crippen LogP contribution in [0.3, 0.4) is 0 Å². The Balaban J connectivity index is 2.25. The van der Waals surface area contributed by atoms with Crippen LogP contribution in [0.1, 0.15) is 20.1 Å². The molecule has 80 valence electrons. The fourth-order valence-electron chi connectivity index (χ4n) is 1.68. The highest BCUT2D eigenvalue weighted by Crippen LogP contribution is 2.27. The van der Waals surface area contributed by atoms with Gasteiger partial charge in [0.25, 0.3) is 5.91 Å². The second kappa shape index (κ2) is 4.02. The lowest BCUT2D eigenvalue weighted by Gasteiger charge is -2.22. The van der Waals surface area contributed by atoms with Gasteiger partial charge >= 0.3 is 0 Å². The van der Waals surface area contributed by atoms with Crippen LogP contribution in [0.25, 0.3) is 0 Å². The molecule has 0 aliphatic carbocycles. The predicted molar refractivity (Wildman–Crippen MR) is 57.9 cm³/mol. The van der Waals surface area contributed by atoms with Crippen LogP contribution in [0, 0.1) is 0 Å². The molecular formula is C10H12N2O2S. The van der Waals surface area contributed by atoms with E-state index in [0.717, 1.165) is 29.8 Å². The van der Waals surface area contributed by atoms with E-state index in [0.29, 0.717) is 6.54 Å². The molecule has 0 unspecified atom stereocenters. The van der Waals surface area contributed by atoms with Gasteiger partial charge < -0.3 is 10.2 Å². The fourth-order valence-corrected chi connectivity index (χ4v) is 2.79. The van der Waals surface area contributed by atoms with Crippen LogP contribution in [-0.4, -0.2) is 30.8 Å². The zero-order chi connectivity index (χ0) is 10.8. The van der Waals surface area contributed by atoms with Crippen molar-refractivity contribution >= 4 is 23.7 Å². The molecule has 5 heteroatoms. The molecule has 1 aliphatic rings. The van der Waals surface area contributed by atoms with Gasteiger partial charge in [0.2, 0.25) is 6.41 Å². The first kappa shape index (κ1) is 10.2. The summed E-state index contributed by atoms with van der Waals surface area (Å²) in [7, 11) is 1.62. The second-order valence-corrected chi connectivity index (χ2v) is 4.60. The van der Waals surface area contributed by atoms with Crippen molar-refractivity contribution in [3.05, 3.63) is 21.4 Å². The third-order valence-electron chi connectivity index (χ3n) is 2.50. The van der Waals surface area contributed by atoms with Crippen molar-refractivity contribution in [2.75, 3.05) is 13.6 Å². The fraction of sp³-hybridized carbons (Fsp3) is 0.400. The zero-order valence-electron chi connectivity index (χ0n) is 8.45. The van der Waals surface area contributed by atoms with Crippen LogP contribution in [0.2, 0.25) is 0 Å². The van der Waals surface area contributed by atoms with Crippen LogP contribution < -0.4 is 5.32 Å². The lowest BCUT2D eigenvalue weighted by atomic mass is 10.1. The first-order chi connectivity index (χ1) is 7.24. The average molecular weight is 224 g/mol. The Morgan fingerprint density at radius 1 is 1.67 bits per heavy atom. The molecule has 1 aliphatic heterocycles. The standard InChI is InChI=1S/C10H12N2O2S/c1-11-10(14)9-4-7-5-12(6-13)3-2-8(7)15-9/h4,6H,2-3,5H2,1H3,(H,11,14). The monoisotopic (exact) mass is 224 g/mol. The Kier molecular flexibility index (Phi) is 2.73. The Bertz CT molecular complexity index is 400. The number of thiophene rings is 1. The van der Waals surface area contributed by atoms with Gasteiger partial charge in [0, 0.05) is 25.0 Å². The summed E-state index contributed by atoms with van der Waals surface area (Å²) in [4.78, 5) is 25.7. The highest BCUT2D eigenvalue weighted by molar-refractivity contribution is 7.14. The van der Waals surface area contributed by atoms with E-state index < -0.39 is 0 Å². The summed E-state index contributed by atoms with van der Waals surface area (Å²) in [5.74, 6) is -0.0490. The van der Waals surface area contributed by atoms with Gasteiger partial charge in [-0.1, -0.05) is 0 Å². The molecule has 0 aromatic carbocycles. The van der Waals surface area contributed by atoms with Crippen molar-refractivity contribution in [3.8, 4) is 0 Å². The van der Waals surface area contributed by atoms with Gasteiger partial charge in [-0.05, 0) is 18.1 Å². The van der Waals surface area contributed by atoms with E-state index in [4.69, 9.17) is 0 Å². The van der Waals surface area contributed by atoms with Gasteiger partial charge in [0.1, 0.15) is 0 Å². The average Bonchev–Trinajstić information content (AvgIpc) is 2.70. The van der Waals surface area contributed by atoms with Crippen LogP contribution in [0.5, 0.6) is 0 Å². The summed E-state index contributed by atoms with van der Waals surface area (Å²) in [5.41, 5.74) is 1.11. The molecule has 0 radical (unpaired) electrons. The molecule has 0 atom stereocenters. The molecule has 2 rings (SSSR count). The lowest BCUT2D eigenvalue weighted by Crippen LogP contribution is -2.27. The summed E-state index contributed by atoms with van der Waals surface area (Å²) < 4.78 is 0. The van der Waals surface area contributed by atoms with E-state index in [1.54, 1.807) is 11.9 Å². The molecule has 0 saturated heterocycles. The number of rotatable bonds is 2. The highest BCUT2D eigenvalue weighted by atomic mass is 32.1. The Morgan fingerprint density at radius 3 is 3.13 bits per heavy atom. The summed E-state index contributed by atoms with van der Waals surface area (Å²) in [6.07, 6.45) is 1.72. The van der Waals surface area contributed by atoms with Crippen molar-refractivity contribution in [1.29, 1.82) is 0 Å². The molecule has 0 bridgehead atoms. The summed E-state index contributed by atoms with van der Waals surface area (Å²) in [5, 5.41) is 2.60. The van der Waals surface area contributed by atoms with Crippen molar-refractivity contribution < 1.29 is 9.59 Å². The van der Waals surface area contributed by atoms with Gasteiger partial charge in [-0.2, -0.15) is 0 Å². The summed E-state index contributed by atoms with van der Waals surface area (Å²) >= 11 is 1.53. The first-order valence-electron chi connectivity index (χ1n) is 4.77. The number of amides is 2. The maximum Gasteiger partial charge on any atom is 0.261 e. The van der Waals surface area contributed by atoms with E-state index in [1.165, 1.54) is 16.2 Å². The number of hydrogen-bond acceptors (Lipinski definition) is 3. The Hall–Kier alpha value is -1.36. The number of fused-ring (bicyclic) bond motifs is 1. The Labute approximate surface area is 91.9 Å². The third kappa shape index (κ3) is 1.87. The largest absolute Gasteiger partial charge is 0.354 e. The van der Waals surface area contributed by atoms with Crippen LogP contribution >= 0.6 is 11.3 Å². The summed E-state index contributed by atoms with van der Waals surface area (Å²) in [6.45, 7) is 1.39. The maximum absolute atomic E-state index is 11.4.